The first-order chi connectivity index (χ1) is 15.5. The molecule has 0 fully saturated rings. The lowest BCUT2D eigenvalue weighted by Gasteiger charge is -2.08. The fraction of sp³-hybridized carbons (Fsp3) is 0.417. The summed E-state index contributed by atoms with van der Waals surface area (Å²) in [5, 5.41) is 12.6. The number of aryl methyl sites for hydroxylation is 1. The highest BCUT2D eigenvalue weighted by molar-refractivity contribution is 7.91. The van der Waals surface area contributed by atoms with Gasteiger partial charge in [0, 0.05) is 6.42 Å². The Morgan fingerprint density at radius 3 is 2.34 bits per heavy atom. The number of nitrogens with zero attached hydrogens (tertiary/aromatic N) is 1. The van der Waals surface area contributed by atoms with Crippen LogP contribution in [0.1, 0.15) is 54.8 Å². The number of para-hydroxylation sites is 2. The summed E-state index contributed by atoms with van der Waals surface area (Å²) in [6.45, 7) is 1.77. The minimum absolute atomic E-state index is 0.0346. The van der Waals surface area contributed by atoms with Crippen molar-refractivity contribution in [1.29, 1.82) is 0 Å². The lowest BCUT2D eigenvalue weighted by atomic mass is 10.2. The summed E-state index contributed by atoms with van der Waals surface area (Å²) in [7, 11) is -3.59. The molecule has 7 nitrogen and oxygen atoms in total. The zero-order valence-electron chi connectivity index (χ0n) is 18.1. The van der Waals surface area contributed by atoms with Gasteiger partial charge in [0.05, 0.1) is 16.2 Å². The number of hydrogen-bond acceptors (Lipinski definition) is 6. The largest absolute Gasteiger partial charge is 0.478 e. The predicted octanol–water partition coefficient (Wildman–Crippen LogP) is 4.47. The van der Waals surface area contributed by atoms with Gasteiger partial charge in [0.2, 0.25) is 0 Å². The van der Waals surface area contributed by atoms with Crippen LogP contribution >= 0.6 is 0 Å². The lowest BCUT2D eigenvalue weighted by Crippen LogP contribution is -2.17. The molecule has 3 rings (SSSR count). The Balaban J connectivity index is 1.23. The summed E-state index contributed by atoms with van der Waals surface area (Å²) in [5.41, 5.74) is 1.58. The van der Waals surface area contributed by atoms with E-state index in [1.165, 1.54) is 18.2 Å². The molecule has 0 spiro atoms. The Hall–Kier alpha value is -2.71. The maximum atomic E-state index is 12.5. The molecule has 2 N–H and O–H groups in total. The highest BCUT2D eigenvalue weighted by Gasteiger charge is 2.21. The Labute approximate surface area is 188 Å². The van der Waals surface area contributed by atoms with Gasteiger partial charge in [0.1, 0.15) is 5.52 Å². The van der Waals surface area contributed by atoms with Crippen LogP contribution in [0, 0.1) is 0 Å². The molecular weight excluding hydrogens is 428 g/mol. The number of benzene rings is 2. The number of unbranched alkanes of at least 4 members (excludes halogenated alkanes) is 4. The van der Waals surface area contributed by atoms with Gasteiger partial charge in [-0.25, -0.2) is 18.2 Å². The predicted molar refractivity (Wildman–Crippen MR) is 124 cm³/mol. The van der Waals surface area contributed by atoms with Crippen molar-refractivity contribution in [3.63, 3.8) is 0 Å². The van der Waals surface area contributed by atoms with Gasteiger partial charge in [-0.15, -0.1) is 0 Å². The van der Waals surface area contributed by atoms with Crippen LogP contribution in [-0.2, 0) is 16.3 Å². The van der Waals surface area contributed by atoms with Crippen molar-refractivity contribution in [2.75, 3.05) is 18.8 Å². The van der Waals surface area contributed by atoms with Crippen molar-refractivity contribution in [3.8, 4) is 0 Å². The molecule has 1 heterocycles. The van der Waals surface area contributed by atoms with Gasteiger partial charge in [-0.2, -0.15) is 0 Å². The van der Waals surface area contributed by atoms with Crippen molar-refractivity contribution < 1.29 is 22.7 Å². The molecule has 0 radical (unpaired) electrons. The van der Waals surface area contributed by atoms with Crippen LogP contribution in [-0.4, -0.2) is 43.3 Å². The first-order valence-electron chi connectivity index (χ1n) is 11.1. The number of nitrogens with one attached hydrogen (secondary N) is 1. The number of rotatable bonds is 14. The molecule has 0 saturated heterocycles. The van der Waals surface area contributed by atoms with E-state index < -0.39 is 15.8 Å². The van der Waals surface area contributed by atoms with E-state index in [2.05, 4.69) is 10.3 Å². The molecule has 1 aromatic heterocycles. The van der Waals surface area contributed by atoms with Crippen LogP contribution in [0.25, 0.3) is 11.1 Å². The van der Waals surface area contributed by atoms with Gasteiger partial charge in [-0.05, 0) is 63.0 Å². The summed E-state index contributed by atoms with van der Waals surface area (Å²) in [4.78, 5) is 15.6. The summed E-state index contributed by atoms with van der Waals surface area (Å²) >= 11 is 0. The first kappa shape index (κ1) is 23.9. The molecule has 0 aliphatic rings. The van der Waals surface area contributed by atoms with Crippen LogP contribution in [0.2, 0.25) is 0 Å². The molecule has 3 aromatic rings. The molecule has 0 unspecified atom stereocenters. The fourth-order valence-corrected chi connectivity index (χ4v) is 5.18. The number of carboxylic acids is 1. The van der Waals surface area contributed by atoms with Gasteiger partial charge in [0.15, 0.2) is 21.3 Å². The van der Waals surface area contributed by atoms with Crippen molar-refractivity contribution in [2.24, 2.45) is 0 Å². The number of carbonyl (C=O) groups is 1. The maximum absolute atomic E-state index is 12.5. The van der Waals surface area contributed by atoms with Gasteiger partial charge >= 0.3 is 5.97 Å². The quantitative estimate of drug-likeness (QED) is 0.343. The molecule has 0 amide bonds. The zero-order chi connectivity index (χ0) is 22.8. The minimum atomic E-state index is -3.59. The van der Waals surface area contributed by atoms with Crippen molar-refractivity contribution in [3.05, 3.63) is 60.0 Å². The average molecular weight is 459 g/mol. The van der Waals surface area contributed by atoms with Crippen LogP contribution in [0.3, 0.4) is 0 Å². The van der Waals surface area contributed by atoms with E-state index >= 15 is 0 Å². The second-order valence-corrected chi connectivity index (χ2v) is 9.89. The summed E-state index contributed by atoms with van der Waals surface area (Å²) < 4.78 is 30.6. The number of fused-ring (bicyclic) bond motifs is 1. The second kappa shape index (κ2) is 11.8. The van der Waals surface area contributed by atoms with Gasteiger partial charge < -0.3 is 14.8 Å². The van der Waals surface area contributed by atoms with Gasteiger partial charge in [-0.1, -0.05) is 37.1 Å². The molecule has 0 aliphatic carbocycles. The van der Waals surface area contributed by atoms with E-state index in [4.69, 9.17) is 4.42 Å². The number of hydrogen-bond donors (Lipinski definition) is 2. The van der Waals surface area contributed by atoms with E-state index in [9.17, 15) is 18.3 Å². The molecular formula is C24H30N2O5S. The molecule has 32 heavy (non-hydrogen) atoms. The zero-order valence-corrected chi connectivity index (χ0v) is 18.9. The van der Waals surface area contributed by atoms with Gasteiger partial charge in [0.25, 0.3) is 0 Å². The Bertz CT molecular complexity index is 1090. The summed E-state index contributed by atoms with van der Waals surface area (Å²) in [6.07, 6.45) is 6.21. The standard InChI is InChI=1S/C24H30N2O5S/c27-24(28)19-11-4-7-14-22(19)32(29,30)18-10-2-9-17-25-16-8-1-3-15-23-26-20-12-5-6-13-21(20)31-23/h4-7,11-14,25H,1-3,8-10,15-18H2,(H,27,28). The molecule has 0 bridgehead atoms. The lowest BCUT2D eigenvalue weighted by molar-refractivity contribution is 0.0692. The molecule has 8 heteroatoms. The molecule has 2 aromatic carbocycles. The topological polar surface area (TPSA) is 110 Å². The third kappa shape index (κ3) is 6.90. The van der Waals surface area contributed by atoms with Crippen LogP contribution in [0.5, 0.6) is 0 Å². The van der Waals surface area contributed by atoms with E-state index in [1.807, 2.05) is 24.3 Å². The maximum Gasteiger partial charge on any atom is 0.337 e. The normalized spacial score (nSPS) is 11.8. The summed E-state index contributed by atoms with van der Waals surface area (Å²) in [5.74, 6) is -0.463. The molecule has 0 saturated carbocycles. The van der Waals surface area contributed by atoms with Crippen molar-refractivity contribution in [1.82, 2.24) is 10.3 Å². The fourth-order valence-electron chi connectivity index (χ4n) is 3.60. The minimum Gasteiger partial charge on any atom is -0.478 e. The monoisotopic (exact) mass is 458 g/mol. The Morgan fingerprint density at radius 2 is 1.59 bits per heavy atom. The third-order valence-electron chi connectivity index (χ3n) is 5.30. The number of oxazole rings is 1. The van der Waals surface area contributed by atoms with Crippen molar-refractivity contribution in [2.45, 2.75) is 49.8 Å². The molecule has 0 atom stereocenters. The highest BCUT2D eigenvalue weighted by Crippen LogP contribution is 2.19. The second-order valence-electron chi connectivity index (χ2n) is 7.82. The SMILES string of the molecule is O=C(O)c1ccccc1S(=O)(=O)CCCCCNCCCCCc1nc2ccccc2o1. The van der Waals surface area contributed by atoms with Crippen molar-refractivity contribution >= 4 is 26.9 Å². The smallest absolute Gasteiger partial charge is 0.337 e. The Morgan fingerprint density at radius 1 is 0.906 bits per heavy atom. The van der Waals surface area contributed by atoms with Crippen LogP contribution in [0.4, 0.5) is 0 Å². The number of aromatic carboxylic acids is 1. The molecule has 172 valence electrons. The number of carboxylic acid groups (broad SMARTS) is 1. The third-order valence-corrected chi connectivity index (χ3v) is 7.15. The first-order valence-corrected chi connectivity index (χ1v) is 12.7. The average Bonchev–Trinajstić information content (AvgIpc) is 3.20. The van der Waals surface area contributed by atoms with E-state index in [0.717, 1.165) is 68.6 Å². The summed E-state index contributed by atoms with van der Waals surface area (Å²) in [6, 6.07) is 13.6. The molecule has 0 aliphatic heterocycles. The number of sulfone groups is 1. The number of aromatic nitrogens is 1. The van der Waals surface area contributed by atoms with Crippen LogP contribution < -0.4 is 5.32 Å². The highest BCUT2D eigenvalue weighted by atomic mass is 32.2. The Kier molecular flexibility index (Phi) is 8.81. The van der Waals surface area contributed by atoms with E-state index in [1.54, 1.807) is 6.07 Å². The van der Waals surface area contributed by atoms with Gasteiger partial charge in [-0.3, -0.25) is 0 Å². The van der Waals surface area contributed by atoms with Crippen LogP contribution in [0.15, 0.2) is 57.8 Å². The van der Waals surface area contributed by atoms with E-state index in [-0.39, 0.29) is 16.2 Å². The van der Waals surface area contributed by atoms with E-state index in [0.29, 0.717) is 6.42 Å².